The third-order valence-corrected chi connectivity index (χ3v) is 4.08. The summed E-state index contributed by atoms with van der Waals surface area (Å²) in [5.41, 5.74) is 0.895. The van der Waals surface area contributed by atoms with Gasteiger partial charge in [-0.1, -0.05) is 30.3 Å². The number of benzene rings is 2. The van der Waals surface area contributed by atoms with Gasteiger partial charge in [0.2, 0.25) is 0 Å². The number of ether oxygens (including phenoxy) is 2. The molecular weight excluding hydrogens is 272 g/mol. The Morgan fingerprint density at radius 1 is 1.00 bits per heavy atom. The molecular formula is C16H16O3S. The molecule has 2 aromatic carbocycles. The average molecular weight is 288 g/mol. The Kier molecular flexibility index (Phi) is 5.07. The van der Waals surface area contributed by atoms with Crippen molar-refractivity contribution >= 4 is 17.7 Å². The number of carbonyl (C=O) groups excluding carboxylic acids is 1. The van der Waals surface area contributed by atoms with Gasteiger partial charge in [0.15, 0.2) is 0 Å². The average Bonchev–Trinajstić information content (AvgIpc) is 2.53. The summed E-state index contributed by atoms with van der Waals surface area (Å²) in [6.45, 7) is 0. The van der Waals surface area contributed by atoms with E-state index >= 15 is 0 Å². The number of carbonyl (C=O) groups is 1. The number of hydrogen-bond acceptors (Lipinski definition) is 4. The van der Waals surface area contributed by atoms with E-state index in [0.717, 1.165) is 16.2 Å². The minimum atomic E-state index is -0.381. The third-order valence-electron chi connectivity index (χ3n) is 2.83. The van der Waals surface area contributed by atoms with E-state index in [9.17, 15) is 4.79 Å². The van der Waals surface area contributed by atoms with E-state index in [4.69, 9.17) is 9.47 Å². The molecule has 104 valence electrons. The lowest BCUT2D eigenvalue weighted by molar-refractivity contribution is -0.140. The lowest BCUT2D eigenvalue weighted by Crippen LogP contribution is -2.11. The molecule has 0 saturated carbocycles. The lowest BCUT2D eigenvalue weighted by Gasteiger charge is -2.15. The van der Waals surface area contributed by atoms with Crippen LogP contribution in [0.4, 0.5) is 0 Å². The van der Waals surface area contributed by atoms with Crippen LogP contribution in [0.1, 0.15) is 10.8 Å². The van der Waals surface area contributed by atoms with Gasteiger partial charge in [0.05, 0.1) is 14.2 Å². The van der Waals surface area contributed by atoms with Crippen LogP contribution < -0.4 is 4.74 Å². The standard InChI is InChI=1S/C16H16O3S/c1-18-13-10-8-12(9-11-13)15(16(17)19-2)20-14-6-4-3-5-7-14/h3-11,15H,1-2H3. The molecule has 2 rings (SSSR count). The molecule has 0 spiro atoms. The maximum Gasteiger partial charge on any atom is 0.323 e. The van der Waals surface area contributed by atoms with Gasteiger partial charge in [0, 0.05) is 4.90 Å². The third kappa shape index (κ3) is 3.54. The Balaban J connectivity index is 2.25. The van der Waals surface area contributed by atoms with E-state index in [0.29, 0.717) is 0 Å². The monoisotopic (exact) mass is 288 g/mol. The van der Waals surface area contributed by atoms with Crippen molar-refractivity contribution in [1.29, 1.82) is 0 Å². The van der Waals surface area contributed by atoms with Crippen LogP contribution in [0.15, 0.2) is 59.5 Å². The number of methoxy groups -OCH3 is 2. The van der Waals surface area contributed by atoms with Gasteiger partial charge in [-0.3, -0.25) is 4.79 Å². The van der Waals surface area contributed by atoms with Gasteiger partial charge < -0.3 is 9.47 Å². The minimum absolute atomic E-state index is 0.260. The zero-order valence-electron chi connectivity index (χ0n) is 11.4. The van der Waals surface area contributed by atoms with E-state index in [-0.39, 0.29) is 11.2 Å². The highest BCUT2D eigenvalue weighted by atomic mass is 32.2. The second kappa shape index (κ2) is 7.01. The van der Waals surface area contributed by atoms with Crippen LogP contribution in [0.2, 0.25) is 0 Å². The van der Waals surface area contributed by atoms with E-state index in [1.807, 2.05) is 54.6 Å². The molecule has 4 heteroatoms. The number of thioether (sulfide) groups is 1. The molecule has 0 aliphatic heterocycles. The maximum atomic E-state index is 12.0. The summed E-state index contributed by atoms with van der Waals surface area (Å²) in [6.07, 6.45) is 0. The van der Waals surface area contributed by atoms with Crippen molar-refractivity contribution in [2.24, 2.45) is 0 Å². The highest BCUT2D eigenvalue weighted by molar-refractivity contribution is 8.00. The van der Waals surface area contributed by atoms with Crippen molar-refractivity contribution in [2.45, 2.75) is 10.1 Å². The van der Waals surface area contributed by atoms with E-state index in [2.05, 4.69) is 0 Å². The molecule has 0 amide bonds. The first-order valence-corrected chi connectivity index (χ1v) is 7.06. The van der Waals surface area contributed by atoms with Crippen LogP contribution in [0, 0.1) is 0 Å². The fourth-order valence-electron chi connectivity index (χ4n) is 1.77. The molecule has 0 aromatic heterocycles. The summed E-state index contributed by atoms with van der Waals surface area (Å²) in [5, 5.41) is -0.381. The second-order valence-electron chi connectivity index (χ2n) is 4.11. The van der Waals surface area contributed by atoms with Crippen molar-refractivity contribution in [3.05, 3.63) is 60.2 Å². The van der Waals surface area contributed by atoms with Crippen molar-refractivity contribution in [3.8, 4) is 5.75 Å². The first-order valence-electron chi connectivity index (χ1n) is 6.18. The van der Waals surface area contributed by atoms with Gasteiger partial charge >= 0.3 is 5.97 Å². The Morgan fingerprint density at radius 3 is 2.20 bits per heavy atom. The van der Waals surface area contributed by atoms with Crippen LogP contribution in [-0.2, 0) is 9.53 Å². The topological polar surface area (TPSA) is 35.5 Å². The quantitative estimate of drug-likeness (QED) is 0.621. The van der Waals surface area contributed by atoms with Gasteiger partial charge in [0.1, 0.15) is 11.0 Å². The molecule has 3 nitrogen and oxygen atoms in total. The maximum absolute atomic E-state index is 12.0. The first-order chi connectivity index (χ1) is 9.74. The van der Waals surface area contributed by atoms with Gasteiger partial charge in [-0.2, -0.15) is 0 Å². The molecule has 0 saturated heterocycles. The first kappa shape index (κ1) is 14.5. The summed E-state index contributed by atoms with van der Waals surface area (Å²) in [6, 6.07) is 17.3. The molecule has 0 N–H and O–H groups in total. The van der Waals surface area contributed by atoms with Crippen molar-refractivity contribution in [2.75, 3.05) is 14.2 Å². The molecule has 0 heterocycles. The smallest absolute Gasteiger partial charge is 0.323 e. The normalized spacial score (nSPS) is 11.7. The predicted octanol–water partition coefficient (Wildman–Crippen LogP) is 3.70. The van der Waals surface area contributed by atoms with Gasteiger partial charge in [-0.25, -0.2) is 0 Å². The molecule has 0 aliphatic carbocycles. The molecule has 20 heavy (non-hydrogen) atoms. The summed E-state index contributed by atoms with van der Waals surface area (Å²) in [5.74, 6) is 0.506. The highest BCUT2D eigenvalue weighted by Crippen LogP contribution is 2.36. The van der Waals surface area contributed by atoms with Gasteiger partial charge in [-0.05, 0) is 29.8 Å². The van der Waals surface area contributed by atoms with Gasteiger partial charge in [-0.15, -0.1) is 11.8 Å². The largest absolute Gasteiger partial charge is 0.497 e. The predicted molar refractivity (Wildman–Crippen MR) is 80.1 cm³/mol. The molecule has 0 radical (unpaired) electrons. The molecule has 0 aliphatic rings. The fourth-order valence-corrected chi connectivity index (χ4v) is 2.85. The summed E-state index contributed by atoms with van der Waals surface area (Å²) < 4.78 is 10.0. The fraction of sp³-hybridized carbons (Fsp3) is 0.188. The molecule has 1 atom stereocenters. The highest BCUT2D eigenvalue weighted by Gasteiger charge is 2.22. The lowest BCUT2D eigenvalue weighted by atomic mass is 10.1. The number of hydrogen-bond donors (Lipinski definition) is 0. The Morgan fingerprint density at radius 2 is 1.65 bits per heavy atom. The molecule has 0 bridgehead atoms. The molecule has 1 unspecified atom stereocenters. The van der Waals surface area contributed by atoms with Crippen molar-refractivity contribution in [1.82, 2.24) is 0 Å². The van der Waals surface area contributed by atoms with E-state index in [1.54, 1.807) is 7.11 Å². The molecule has 2 aromatic rings. The Bertz CT molecular complexity index is 552. The van der Waals surface area contributed by atoms with Crippen molar-refractivity contribution < 1.29 is 14.3 Å². The van der Waals surface area contributed by atoms with Crippen LogP contribution in [-0.4, -0.2) is 20.2 Å². The Labute approximate surface area is 122 Å². The van der Waals surface area contributed by atoms with E-state index in [1.165, 1.54) is 18.9 Å². The van der Waals surface area contributed by atoms with Crippen molar-refractivity contribution in [3.63, 3.8) is 0 Å². The van der Waals surface area contributed by atoms with Crippen LogP contribution in [0.5, 0.6) is 5.75 Å². The minimum Gasteiger partial charge on any atom is -0.497 e. The molecule has 0 fully saturated rings. The zero-order valence-corrected chi connectivity index (χ0v) is 12.2. The summed E-state index contributed by atoms with van der Waals surface area (Å²) in [4.78, 5) is 13.0. The van der Waals surface area contributed by atoms with E-state index < -0.39 is 0 Å². The zero-order chi connectivity index (χ0) is 14.4. The number of esters is 1. The van der Waals surface area contributed by atoms with Gasteiger partial charge in [0.25, 0.3) is 0 Å². The summed E-state index contributed by atoms with van der Waals surface area (Å²) >= 11 is 1.47. The summed E-state index contributed by atoms with van der Waals surface area (Å²) in [7, 11) is 3.02. The second-order valence-corrected chi connectivity index (χ2v) is 5.29. The SMILES string of the molecule is COC(=O)C(Sc1ccccc1)c1ccc(OC)cc1. The van der Waals surface area contributed by atoms with Crippen LogP contribution in [0.25, 0.3) is 0 Å². The number of rotatable bonds is 5. The van der Waals surface area contributed by atoms with Crippen LogP contribution in [0.3, 0.4) is 0 Å². The Hall–Kier alpha value is -1.94. The van der Waals surface area contributed by atoms with Crippen LogP contribution >= 0.6 is 11.8 Å².